The summed E-state index contributed by atoms with van der Waals surface area (Å²) in [6.07, 6.45) is 5.24. The molecule has 1 fully saturated rings. The Morgan fingerprint density at radius 1 is 1.22 bits per heavy atom. The Labute approximate surface area is 186 Å². The summed E-state index contributed by atoms with van der Waals surface area (Å²) >= 11 is 0. The average Bonchev–Trinajstić information content (AvgIpc) is 3.21. The maximum Gasteiger partial charge on any atom is 0.272 e. The van der Waals surface area contributed by atoms with E-state index in [1.54, 1.807) is 32.2 Å². The van der Waals surface area contributed by atoms with Gasteiger partial charge in [0.2, 0.25) is 5.91 Å². The van der Waals surface area contributed by atoms with E-state index in [2.05, 4.69) is 15.7 Å². The van der Waals surface area contributed by atoms with E-state index in [9.17, 15) is 18.8 Å². The SMILES string of the molecule is CN1C(=O)c2cc(C(=O)NCc3ccccc3F)nn2C[C@]1(C)C(=O)NC1CCCCC1. The second-order valence-corrected chi connectivity index (χ2v) is 8.79. The Hall–Kier alpha value is -3.23. The molecule has 0 unspecified atom stereocenters. The minimum Gasteiger partial charge on any atom is -0.351 e. The number of fused-ring (bicyclic) bond motifs is 1. The van der Waals surface area contributed by atoms with Gasteiger partial charge in [0.15, 0.2) is 5.69 Å². The van der Waals surface area contributed by atoms with Crippen LogP contribution in [0.4, 0.5) is 4.39 Å². The van der Waals surface area contributed by atoms with Crippen LogP contribution in [0, 0.1) is 5.82 Å². The maximum absolute atomic E-state index is 13.8. The molecule has 0 saturated heterocycles. The molecule has 0 bridgehead atoms. The van der Waals surface area contributed by atoms with Crippen molar-refractivity contribution in [1.82, 2.24) is 25.3 Å². The van der Waals surface area contributed by atoms with E-state index in [0.29, 0.717) is 5.56 Å². The van der Waals surface area contributed by atoms with Crippen molar-refractivity contribution in [3.05, 3.63) is 53.1 Å². The van der Waals surface area contributed by atoms with Crippen LogP contribution >= 0.6 is 0 Å². The summed E-state index contributed by atoms with van der Waals surface area (Å²) < 4.78 is 15.2. The van der Waals surface area contributed by atoms with Crippen LogP contribution in [0.1, 0.15) is 65.6 Å². The normalized spacial score (nSPS) is 21.2. The van der Waals surface area contributed by atoms with Gasteiger partial charge in [0.25, 0.3) is 11.8 Å². The lowest BCUT2D eigenvalue weighted by Gasteiger charge is -2.41. The fourth-order valence-corrected chi connectivity index (χ4v) is 4.33. The number of halogens is 1. The van der Waals surface area contributed by atoms with E-state index in [1.165, 1.54) is 28.1 Å². The van der Waals surface area contributed by atoms with Crippen LogP contribution in [0.3, 0.4) is 0 Å². The van der Waals surface area contributed by atoms with Gasteiger partial charge < -0.3 is 15.5 Å². The predicted molar refractivity (Wildman–Crippen MR) is 115 cm³/mol. The summed E-state index contributed by atoms with van der Waals surface area (Å²) in [6, 6.07) is 7.71. The van der Waals surface area contributed by atoms with E-state index in [0.717, 1.165) is 25.7 Å². The van der Waals surface area contributed by atoms with Crippen LogP contribution in [-0.2, 0) is 17.9 Å². The fourth-order valence-electron chi connectivity index (χ4n) is 4.33. The van der Waals surface area contributed by atoms with Crippen LogP contribution in [0.2, 0.25) is 0 Å². The standard InChI is InChI=1S/C23H28FN5O3/c1-23(22(32)26-16-9-4-3-5-10-16)14-29-19(21(31)28(23)2)12-18(27-29)20(30)25-13-15-8-6-7-11-17(15)24/h6-8,11-12,16H,3-5,9-10,13-14H2,1-2H3,(H,25,30)(H,26,32)/t23-/m1/s1. The first-order chi connectivity index (χ1) is 15.3. The number of carbonyl (C=O) groups is 3. The quantitative estimate of drug-likeness (QED) is 0.744. The first kappa shape index (κ1) is 22.0. The van der Waals surface area contributed by atoms with E-state index >= 15 is 0 Å². The zero-order valence-electron chi connectivity index (χ0n) is 18.4. The molecule has 4 rings (SSSR count). The fraction of sp³-hybridized carbons (Fsp3) is 0.478. The molecule has 32 heavy (non-hydrogen) atoms. The number of benzene rings is 1. The lowest BCUT2D eigenvalue weighted by molar-refractivity contribution is -0.133. The summed E-state index contributed by atoms with van der Waals surface area (Å²) in [4.78, 5) is 40.1. The monoisotopic (exact) mass is 441 g/mol. The van der Waals surface area contributed by atoms with Crippen LogP contribution in [0.25, 0.3) is 0 Å². The molecular weight excluding hydrogens is 413 g/mol. The Bertz CT molecular complexity index is 1050. The van der Waals surface area contributed by atoms with Gasteiger partial charge in [0.1, 0.15) is 17.1 Å². The zero-order chi connectivity index (χ0) is 22.9. The molecule has 1 atom stereocenters. The Morgan fingerprint density at radius 2 is 1.94 bits per heavy atom. The minimum absolute atomic E-state index is 0.00303. The predicted octanol–water partition coefficient (Wildman–Crippen LogP) is 2.25. The molecule has 2 N–H and O–H groups in total. The second kappa shape index (κ2) is 8.72. The maximum atomic E-state index is 13.8. The van der Waals surface area contributed by atoms with Crippen molar-refractivity contribution < 1.29 is 18.8 Å². The molecule has 1 aromatic heterocycles. The molecule has 0 spiro atoms. The van der Waals surface area contributed by atoms with Crippen molar-refractivity contribution in [1.29, 1.82) is 0 Å². The summed E-state index contributed by atoms with van der Waals surface area (Å²) in [5.74, 6) is -1.52. The van der Waals surface area contributed by atoms with Crippen molar-refractivity contribution in [2.24, 2.45) is 0 Å². The van der Waals surface area contributed by atoms with Gasteiger partial charge in [0.05, 0.1) is 6.54 Å². The topological polar surface area (TPSA) is 96.3 Å². The molecule has 0 radical (unpaired) electrons. The van der Waals surface area contributed by atoms with Crippen molar-refractivity contribution in [2.75, 3.05) is 7.05 Å². The van der Waals surface area contributed by atoms with Gasteiger partial charge in [0, 0.05) is 31.3 Å². The van der Waals surface area contributed by atoms with Gasteiger partial charge in [-0.15, -0.1) is 0 Å². The highest BCUT2D eigenvalue weighted by Gasteiger charge is 2.46. The smallest absolute Gasteiger partial charge is 0.272 e. The van der Waals surface area contributed by atoms with Gasteiger partial charge in [-0.25, -0.2) is 4.39 Å². The van der Waals surface area contributed by atoms with Gasteiger partial charge in [-0.1, -0.05) is 37.5 Å². The number of carbonyl (C=O) groups excluding carboxylic acids is 3. The van der Waals surface area contributed by atoms with Crippen LogP contribution in [-0.4, -0.2) is 51.0 Å². The molecule has 1 saturated carbocycles. The molecule has 2 aliphatic rings. The third-order valence-corrected chi connectivity index (χ3v) is 6.56. The van der Waals surface area contributed by atoms with E-state index in [-0.39, 0.29) is 42.3 Å². The summed E-state index contributed by atoms with van der Waals surface area (Å²) in [5, 5.41) is 10.0. The van der Waals surface area contributed by atoms with Crippen LogP contribution in [0.5, 0.6) is 0 Å². The second-order valence-electron chi connectivity index (χ2n) is 8.79. The Morgan fingerprint density at radius 3 is 2.66 bits per heavy atom. The lowest BCUT2D eigenvalue weighted by atomic mass is 9.92. The number of hydrogen-bond donors (Lipinski definition) is 2. The van der Waals surface area contributed by atoms with Gasteiger partial charge in [-0.3, -0.25) is 19.1 Å². The van der Waals surface area contributed by atoms with Gasteiger partial charge >= 0.3 is 0 Å². The van der Waals surface area contributed by atoms with E-state index in [1.807, 2.05) is 0 Å². The number of likely N-dealkylation sites (N-methyl/N-ethyl adjacent to an activating group) is 1. The summed E-state index contributed by atoms with van der Waals surface area (Å²) in [5.41, 5.74) is -0.469. The molecule has 3 amide bonds. The highest BCUT2D eigenvalue weighted by molar-refractivity contribution is 6.01. The third-order valence-electron chi connectivity index (χ3n) is 6.56. The molecule has 1 aromatic carbocycles. The highest BCUT2D eigenvalue weighted by atomic mass is 19.1. The van der Waals surface area contributed by atoms with Crippen molar-refractivity contribution >= 4 is 17.7 Å². The minimum atomic E-state index is -1.12. The summed E-state index contributed by atoms with van der Waals surface area (Å²) in [7, 11) is 1.59. The molecule has 1 aliphatic carbocycles. The van der Waals surface area contributed by atoms with Crippen LogP contribution < -0.4 is 10.6 Å². The summed E-state index contributed by atoms with van der Waals surface area (Å²) in [6.45, 7) is 1.86. The largest absolute Gasteiger partial charge is 0.351 e. The highest BCUT2D eigenvalue weighted by Crippen LogP contribution is 2.27. The molecule has 8 nitrogen and oxygen atoms in total. The van der Waals surface area contributed by atoms with Gasteiger partial charge in [-0.05, 0) is 25.8 Å². The molecule has 2 heterocycles. The van der Waals surface area contributed by atoms with Crippen molar-refractivity contribution in [2.45, 2.75) is 63.7 Å². The van der Waals surface area contributed by atoms with E-state index < -0.39 is 17.3 Å². The first-order valence-electron chi connectivity index (χ1n) is 11.0. The number of amides is 3. The number of hydrogen-bond acceptors (Lipinski definition) is 4. The van der Waals surface area contributed by atoms with Crippen molar-refractivity contribution in [3.8, 4) is 0 Å². The average molecular weight is 442 g/mol. The molecule has 170 valence electrons. The van der Waals surface area contributed by atoms with Crippen LogP contribution in [0.15, 0.2) is 30.3 Å². The molecule has 1 aliphatic heterocycles. The molecule has 9 heteroatoms. The Balaban J connectivity index is 1.49. The van der Waals surface area contributed by atoms with Gasteiger partial charge in [-0.2, -0.15) is 5.10 Å². The number of aromatic nitrogens is 2. The molecule has 2 aromatic rings. The molecular formula is C23H28FN5O3. The Kier molecular flexibility index (Phi) is 5.99. The first-order valence-corrected chi connectivity index (χ1v) is 11.0. The van der Waals surface area contributed by atoms with E-state index in [4.69, 9.17) is 0 Å². The number of rotatable bonds is 5. The lowest BCUT2D eigenvalue weighted by Crippen LogP contribution is -2.63. The van der Waals surface area contributed by atoms with Crippen molar-refractivity contribution in [3.63, 3.8) is 0 Å². The zero-order valence-corrected chi connectivity index (χ0v) is 18.4. The number of nitrogens with zero attached hydrogens (tertiary/aromatic N) is 3. The third kappa shape index (κ3) is 4.11. The number of nitrogens with one attached hydrogen (secondary N) is 2.